The van der Waals surface area contributed by atoms with Gasteiger partial charge in [-0.3, -0.25) is 19.7 Å². The lowest BCUT2D eigenvalue weighted by atomic mass is 9.87. The molecule has 1 unspecified atom stereocenters. The van der Waals surface area contributed by atoms with Gasteiger partial charge in [-0.2, -0.15) is 5.26 Å². The summed E-state index contributed by atoms with van der Waals surface area (Å²) in [5.74, 6) is -1.44. The largest absolute Gasteiger partial charge is 0.373 e. The smallest absolute Gasteiger partial charge is 0.253 e. The number of likely N-dealkylation sites (tertiary alicyclic amines) is 1. The molecule has 8 rings (SSSR count). The molecule has 4 aromatic rings. The van der Waals surface area contributed by atoms with Gasteiger partial charge in [0.2, 0.25) is 11.8 Å². The van der Waals surface area contributed by atoms with Crippen LogP contribution in [0.1, 0.15) is 61.1 Å². The zero-order chi connectivity index (χ0) is 39.2. The van der Waals surface area contributed by atoms with Gasteiger partial charge in [-0.15, -0.1) is 0 Å². The number of nitrogens with one attached hydrogen (secondary N) is 2. The number of anilines is 5. The fourth-order valence-corrected chi connectivity index (χ4v) is 9.19. The number of piperidine rings is 3. The summed E-state index contributed by atoms with van der Waals surface area (Å²) in [4.78, 5) is 45.6. The van der Waals surface area contributed by atoms with Gasteiger partial charge >= 0.3 is 0 Å². The van der Waals surface area contributed by atoms with Crippen molar-refractivity contribution in [2.75, 3.05) is 72.9 Å². The van der Waals surface area contributed by atoms with E-state index < -0.39 is 23.6 Å². The number of aryl methyl sites for hydroxylation is 2. The zero-order valence-electron chi connectivity index (χ0n) is 32.2. The van der Waals surface area contributed by atoms with Gasteiger partial charge in [-0.1, -0.05) is 0 Å². The van der Waals surface area contributed by atoms with Gasteiger partial charge < -0.3 is 29.5 Å². The summed E-state index contributed by atoms with van der Waals surface area (Å²) < 4.78 is 32.4. The lowest BCUT2D eigenvalue weighted by Gasteiger charge is -2.39. The lowest BCUT2D eigenvalue weighted by molar-refractivity contribution is -0.133. The number of halogens is 2. The van der Waals surface area contributed by atoms with E-state index in [1.165, 1.54) is 17.7 Å². The molecule has 5 heterocycles. The first kappa shape index (κ1) is 37.4. The van der Waals surface area contributed by atoms with Crippen molar-refractivity contribution in [3.8, 4) is 6.07 Å². The fourth-order valence-electron chi connectivity index (χ4n) is 9.19. The number of benzene rings is 3. The van der Waals surface area contributed by atoms with Crippen molar-refractivity contribution in [3.05, 3.63) is 87.2 Å². The number of carbonyl (C=O) groups is 2. The molecule has 3 aromatic carbocycles. The second-order valence-electron chi connectivity index (χ2n) is 16.0. The van der Waals surface area contributed by atoms with Crippen LogP contribution in [0.2, 0.25) is 0 Å². The van der Waals surface area contributed by atoms with E-state index in [0.717, 1.165) is 86.4 Å². The average molecular weight is 763 g/mol. The van der Waals surface area contributed by atoms with Crippen LogP contribution in [0.5, 0.6) is 0 Å². The van der Waals surface area contributed by atoms with Crippen LogP contribution in [0.15, 0.2) is 53.3 Å². The maximum Gasteiger partial charge on any atom is 0.253 e. The molecule has 1 aromatic heterocycles. The summed E-state index contributed by atoms with van der Waals surface area (Å²) in [5, 5.41) is 15.9. The second kappa shape index (κ2) is 15.2. The molecule has 3 fully saturated rings. The Bertz CT molecular complexity index is 2280. The number of hydrogen-bond acceptors (Lipinski definition) is 9. The molecule has 0 radical (unpaired) electrons. The molecule has 2 amide bonds. The summed E-state index contributed by atoms with van der Waals surface area (Å²) in [5.41, 5.74) is 6.70. The van der Waals surface area contributed by atoms with Crippen LogP contribution in [0, 0.1) is 35.8 Å². The summed E-state index contributed by atoms with van der Waals surface area (Å²) >= 11 is 0. The fraction of sp³-hybridized carbons (Fsp3) is 0.442. The number of likely N-dealkylation sites (N-methyl/N-ethyl adjacent to an activating group) is 1. The molecule has 0 aliphatic carbocycles. The monoisotopic (exact) mass is 762 g/mol. The Labute approximate surface area is 325 Å². The molecule has 0 bridgehead atoms. The third-order valence-corrected chi connectivity index (χ3v) is 12.4. The predicted octanol–water partition coefficient (Wildman–Crippen LogP) is 5.90. The molecule has 3 saturated heterocycles. The van der Waals surface area contributed by atoms with Crippen LogP contribution in [0.4, 0.5) is 37.2 Å². The minimum atomic E-state index is -0.720. The Morgan fingerprint density at radius 2 is 1.57 bits per heavy atom. The maximum absolute atomic E-state index is 15.3. The average Bonchev–Trinajstić information content (AvgIpc) is 3.19. The van der Waals surface area contributed by atoms with Crippen molar-refractivity contribution in [1.29, 1.82) is 5.26 Å². The number of nitriles is 1. The van der Waals surface area contributed by atoms with Crippen LogP contribution >= 0.6 is 0 Å². The molecule has 0 saturated carbocycles. The maximum atomic E-state index is 15.3. The molecular weight excluding hydrogens is 715 g/mol. The third kappa shape index (κ3) is 7.18. The van der Waals surface area contributed by atoms with Gasteiger partial charge in [0, 0.05) is 69.9 Å². The van der Waals surface area contributed by atoms with E-state index in [2.05, 4.69) is 50.6 Å². The predicted molar refractivity (Wildman–Crippen MR) is 215 cm³/mol. The normalized spacial score (nSPS) is 19.9. The van der Waals surface area contributed by atoms with Crippen LogP contribution in [-0.4, -0.2) is 80.2 Å². The van der Waals surface area contributed by atoms with Crippen molar-refractivity contribution in [1.82, 2.24) is 14.8 Å². The Hall–Kier alpha value is -5.48. The number of fused-ring (bicyclic) bond motifs is 2. The number of amides is 2. The quantitative estimate of drug-likeness (QED) is 0.222. The molecule has 4 aliphatic heterocycles. The van der Waals surface area contributed by atoms with Crippen molar-refractivity contribution < 1.29 is 18.4 Å². The van der Waals surface area contributed by atoms with Crippen LogP contribution in [-0.2, 0) is 16.6 Å². The molecule has 1 atom stereocenters. The number of nitrogens with zero attached hydrogens (tertiary/aromatic N) is 6. The van der Waals surface area contributed by atoms with E-state index in [0.29, 0.717) is 36.1 Å². The summed E-state index contributed by atoms with van der Waals surface area (Å²) in [6.45, 7) is 7.38. The Kier molecular flexibility index (Phi) is 10.2. The molecular formula is C43H48F2N8O3. The highest BCUT2D eigenvalue weighted by Gasteiger charge is 2.31. The first-order valence-electron chi connectivity index (χ1n) is 19.7. The molecule has 292 valence electrons. The van der Waals surface area contributed by atoms with E-state index >= 15 is 8.78 Å². The first-order chi connectivity index (χ1) is 27.0. The van der Waals surface area contributed by atoms with Crippen molar-refractivity contribution in [2.45, 2.75) is 57.4 Å². The van der Waals surface area contributed by atoms with Gasteiger partial charge in [0.15, 0.2) is 11.6 Å². The van der Waals surface area contributed by atoms with E-state index in [9.17, 15) is 19.6 Å². The van der Waals surface area contributed by atoms with E-state index in [1.807, 2.05) is 38.2 Å². The molecule has 4 aliphatic rings. The summed E-state index contributed by atoms with van der Waals surface area (Å²) in [6, 6.07) is 16.4. The summed E-state index contributed by atoms with van der Waals surface area (Å²) in [7, 11) is 3.93. The first-order valence-corrected chi connectivity index (χ1v) is 19.7. The Morgan fingerprint density at radius 3 is 2.27 bits per heavy atom. The highest BCUT2D eigenvalue weighted by molar-refractivity contribution is 6.01. The summed E-state index contributed by atoms with van der Waals surface area (Å²) in [6.07, 6.45) is 4.07. The van der Waals surface area contributed by atoms with Crippen LogP contribution < -0.4 is 30.9 Å². The van der Waals surface area contributed by atoms with Gasteiger partial charge in [0.25, 0.3) is 5.56 Å². The number of carbonyl (C=O) groups excluding carboxylic acids is 2. The molecule has 2 N–H and O–H groups in total. The number of imide groups is 1. The standard InChI is InChI=1S/C43H48F2N8O3/c1-26-18-32-37(50(3)43(26)56)20-30(21-38(32)53-17-16-49(2)36-6-4-28(24-46)19-39(36)53)29-10-12-51(13-11-29)25-27-8-14-52(15-9-27)41-33(44)22-31(23-34(41)45)47-35-5-7-40(54)48-42(35)55/h4,6,18-23,27,29,35,47H,5,7-17,25H2,1-3H3,(H,48,54,55). The Morgan fingerprint density at radius 1 is 0.839 bits per heavy atom. The van der Waals surface area contributed by atoms with Crippen molar-refractivity contribution >= 4 is 51.2 Å². The third-order valence-electron chi connectivity index (χ3n) is 12.4. The number of hydrogen-bond donors (Lipinski definition) is 2. The molecule has 56 heavy (non-hydrogen) atoms. The van der Waals surface area contributed by atoms with E-state index in [-0.39, 0.29) is 35.7 Å². The SMILES string of the molecule is Cc1cc2c(N3CCN(C)c4ccc(C#N)cc43)cc(C3CCN(CC4CCN(c5c(F)cc(NC6CCC(=O)NC6=O)cc5F)CC4)CC3)cc2n(C)c1=O. The molecule has 0 spiro atoms. The number of pyridine rings is 1. The van der Waals surface area contributed by atoms with Gasteiger partial charge in [-0.05, 0) is 118 Å². The van der Waals surface area contributed by atoms with Crippen LogP contribution in [0.3, 0.4) is 0 Å². The van der Waals surface area contributed by atoms with E-state index in [1.54, 1.807) is 9.47 Å². The topological polar surface area (TPSA) is 117 Å². The van der Waals surface area contributed by atoms with Crippen LogP contribution in [0.25, 0.3) is 10.9 Å². The van der Waals surface area contributed by atoms with Crippen molar-refractivity contribution in [2.24, 2.45) is 13.0 Å². The van der Waals surface area contributed by atoms with Gasteiger partial charge in [0.05, 0.1) is 34.2 Å². The highest BCUT2D eigenvalue weighted by atomic mass is 19.1. The molecule has 11 nitrogen and oxygen atoms in total. The molecule has 13 heteroatoms. The Balaban J connectivity index is 0.933. The minimum Gasteiger partial charge on any atom is -0.373 e. The van der Waals surface area contributed by atoms with E-state index in [4.69, 9.17) is 0 Å². The van der Waals surface area contributed by atoms with Gasteiger partial charge in [-0.25, -0.2) is 8.78 Å². The van der Waals surface area contributed by atoms with Crippen molar-refractivity contribution in [3.63, 3.8) is 0 Å². The lowest BCUT2D eigenvalue weighted by Crippen LogP contribution is -2.47. The van der Waals surface area contributed by atoms with Gasteiger partial charge in [0.1, 0.15) is 11.7 Å². The second-order valence-corrected chi connectivity index (χ2v) is 16.0. The number of aromatic nitrogens is 1. The number of rotatable bonds is 7. The minimum absolute atomic E-state index is 0.00343. The highest BCUT2D eigenvalue weighted by Crippen LogP contribution is 2.43. The zero-order valence-corrected chi connectivity index (χ0v) is 32.2.